The van der Waals surface area contributed by atoms with E-state index in [-0.39, 0.29) is 17.3 Å². The molecule has 0 bridgehead atoms. The number of nitrogens with one attached hydrogen (secondary N) is 2. The quantitative estimate of drug-likeness (QED) is 0.806. The van der Waals surface area contributed by atoms with Crippen LogP contribution in [0.25, 0.3) is 0 Å². The molecule has 0 fully saturated rings. The molecule has 7 nitrogen and oxygen atoms in total. The predicted octanol–water partition coefficient (Wildman–Crippen LogP) is 2.49. The van der Waals surface area contributed by atoms with E-state index in [0.717, 1.165) is 6.42 Å². The summed E-state index contributed by atoms with van der Waals surface area (Å²) in [7, 11) is 3.05. The van der Waals surface area contributed by atoms with Gasteiger partial charge < -0.3 is 20.1 Å². The molecule has 0 atom stereocenters. The molecule has 1 heterocycles. The van der Waals surface area contributed by atoms with Crippen LogP contribution in [0.5, 0.6) is 11.5 Å². The van der Waals surface area contributed by atoms with E-state index in [9.17, 15) is 9.59 Å². The molecule has 25 heavy (non-hydrogen) atoms. The van der Waals surface area contributed by atoms with Gasteiger partial charge in [0.2, 0.25) is 0 Å². The lowest BCUT2D eigenvalue weighted by molar-refractivity contribution is 0.0948. The maximum atomic E-state index is 12.4. The van der Waals surface area contributed by atoms with Crippen LogP contribution in [0.2, 0.25) is 0 Å². The van der Waals surface area contributed by atoms with Gasteiger partial charge in [-0.3, -0.25) is 9.59 Å². The van der Waals surface area contributed by atoms with Crippen molar-refractivity contribution in [2.75, 3.05) is 26.1 Å². The Kier molecular flexibility index (Phi) is 6.33. The number of hydrogen-bond donors (Lipinski definition) is 2. The smallest absolute Gasteiger partial charge is 0.274 e. The molecule has 1 aromatic heterocycles. The van der Waals surface area contributed by atoms with Crippen LogP contribution >= 0.6 is 0 Å². The van der Waals surface area contributed by atoms with Crippen molar-refractivity contribution in [1.29, 1.82) is 0 Å². The zero-order valence-corrected chi connectivity index (χ0v) is 14.5. The van der Waals surface area contributed by atoms with E-state index in [1.807, 2.05) is 6.92 Å². The van der Waals surface area contributed by atoms with Gasteiger partial charge in [0, 0.05) is 18.3 Å². The molecule has 0 aliphatic carbocycles. The second-order valence-corrected chi connectivity index (χ2v) is 5.19. The highest BCUT2D eigenvalue weighted by molar-refractivity contribution is 6.04. The molecule has 0 aliphatic rings. The van der Waals surface area contributed by atoms with E-state index < -0.39 is 5.91 Å². The maximum Gasteiger partial charge on any atom is 0.274 e. The first-order valence-electron chi connectivity index (χ1n) is 7.87. The molecule has 2 aromatic rings. The van der Waals surface area contributed by atoms with E-state index in [1.165, 1.54) is 14.2 Å². The monoisotopic (exact) mass is 343 g/mol. The summed E-state index contributed by atoms with van der Waals surface area (Å²) >= 11 is 0. The van der Waals surface area contributed by atoms with Crippen molar-refractivity contribution in [2.45, 2.75) is 13.3 Å². The van der Waals surface area contributed by atoms with E-state index in [4.69, 9.17) is 9.47 Å². The average Bonchev–Trinajstić information content (AvgIpc) is 2.65. The Morgan fingerprint density at radius 2 is 1.68 bits per heavy atom. The minimum atomic E-state index is -0.419. The van der Waals surface area contributed by atoms with Gasteiger partial charge in [0.15, 0.2) is 11.5 Å². The van der Waals surface area contributed by atoms with Crippen LogP contribution in [0.3, 0.4) is 0 Å². The summed E-state index contributed by atoms with van der Waals surface area (Å²) in [5.74, 6) is 0.342. The number of nitrogens with zero attached hydrogens (tertiary/aromatic N) is 1. The van der Waals surface area contributed by atoms with Gasteiger partial charge in [0.25, 0.3) is 11.8 Å². The van der Waals surface area contributed by atoms with Gasteiger partial charge in [-0.2, -0.15) is 0 Å². The number of ether oxygens (including phenoxy) is 2. The number of amides is 2. The lowest BCUT2D eigenvalue weighted by Crippen LogP contribution is -2.26. The molecule has 0 spiro atoms. The molecule has 2 amide bonds. The van der Waals surface area contributed by atoms with Gasteiger partial charge >= 0.3 is 0 Å². The second-order valence-electron chi connectivity index (χ2n) is 5.19. The van der Waals surface area contributed by atoms with Crippen molar-refractivity contribution in [3.63, 3.8) is 0 Å². The van der Waals surface area contributed by atoms with Crippen LogP contribution in [0, 0.1) is 0 Å². The fraction of sp³-hybridized carbons (Fsp3) is 0.278. The fourth-order valence-electron chi connectivity index (χ4n) is 2.13. The lowest BCUT2D eigenvalue weighted by atomic mass is 10.2. The summed E-state index contributed by atoms with van der Waals surface area (Å²) in [5, 5.41) is 5.45. The molecule has 0 unspecified atom stereocenters. The molecular weight excluding hydrogens is 322 g/mol. The maximum absolute atomic E-state index is 12.4. The second kappa shape index (κ2) is 8.68. The Balaban J connectivity index is 2.14. The number of carbonyl (C=O) groups is 2. The summed E-state index contributed by atoms with van der Waals surface area (Å²) in [6.07, 6.45) is 0.825. The van der Waals surface area contributed by atoms with Gasteiger partial charge in [-0.25, -0.2) is 4.98 Å². The Bertz CT molecular complexity index is 762. The molecule has 0 saturated heterocycles. The van der Waals surface area contributed by atoms with Crippen LogP contribution in [-0.2, 0) is 0 Å². The van der Waals surface area contributed by atoms with Crippen molar-refractivity contribution in [1.82, 2.24) is 10.3 Å². The van der Waals surface area contributed by atoms with Gasteiger partial charge in [-0.15, -0.1) is 0 Å². The highest BCUT2D eigenvalue weighted by Gasteiger charge is 2.13. The highest BCUT2D eigenvalue weighted by Crippen LogP contribution is 2.29. The van der Waals surface area contributed by atoms with Crippen LogP contribution in [-0.4, -0.2) is 37.6 Å². The van der Waals surface area contributed by atoms with Gasteiger partial charge in [-0.05, 0) is 30.7 Å². The average molecular weight is 343 g/mol. The first-order valence-corrected chi connectivity index (χ1v) is 7.87. The number of pyridine rings is 1. The molecule has 2 N–H and O–H groups in total. The first-order chi connectivity index (χ1) is 12.1. The van der Waals surface area contributed by atoms with Gasteiger partial charge in [0.05, 0.1) is 14.2 Å². The highest BCUT2D eigenvalue weighted by atomic mass is 16.5. The molecule has 0 radical (unpaired) electrons. The molecule has 1 aromatic carbocycles. The van der Waals surface area contributed by atoms with Crippen LogP contribution in [0.4, 0.5) is 5.69 Å². The molecule has 0 saturated carbocycles. The third-order valence-corrected chi connectivity index (χ3v) is 3.39. The molecule has 2 rings (SSSR count). The first kappa shape index (κ1) is 18.3. The van der Waals surface area contributed by atoms with Crippen LogP contribution in [0.15, 0.2) is 36.4 Å². The minimum Gasteiger partial charge on any atom is -0.493 e. The third-order valence-electron chi connectivity index (χ3n) is 3.39. The van der Waals surface area contributed by atoms with Crippen LogP contribution < -0.4 is 20.1 Å². The van der Waals surface area contributed by atoms with Crippen molar-refractivity contribution in [2.24, 2.45) is 0 Å². The van der Waals surface area contributed by atoms with E-state index in [0.29, 0.717) is 23.7 Å². The number of aromatic nitrogens is 1. The van der Waals surface area contributed by atoms with E-state index in [1.54, 1.807) is 36.4 Å². The van der Waals surface area contributed by atoms with Crippen LogP contribution in [0.1, 0.15) is 34.3 Å². The number of carbonyl (C=O) groups excluding carboxylic acids is 2. The zero-order chi connectivity index (χ0) is 18.2. The Hall–Kier alpha value is -3.09. The van der Waals surface area contributed by atoms with E-state index >= 15 is 0 Å². The normalized spacial score (nSPS) is 10.0. The SMILES string of the molecule is CCCNC(=O)c1cccc(C(=O)Nc2ccc(OC)c(OC)c2)n1. The van der Waals surface area contributed by atoms with Gasteiger partial charge in [-0.1, -0.05) is 13.0 Å². The molecule has 0 aliphatic heterocycles. The summed E-state index contributed by atoms with van der Waals surface area (Å²) in [6.45, 7) is 2.52. The summed E-state index contributed by atoms with van der Waals surface area (Å²) in [4.78, 5) is 28.5. The standard InChI is InChI=1S/C18H21N3O4/c1-4-10-19-17(22)13-6-5-7-14(21-13)18(23)20-12-8-9-15(24-2)16(11-12)25-3/h5-9,11H,4,10H2,1-3H3,(H,19,22)(H,20,23). The number of rotatable bonds is 7. The Labute approximate surface area is 146 Å². The fourth-order valence-corrected chi connectivity index (χ4v) is 2.13. The minimum absolute atomic E-state index is 0.152. The van der Waals surface area contributed by atoms with Crippen molar-refractivity contribution in [3.05, 3.63) is 47.8 Å². The third kappa shape index (κ3) is 4.69. The summed E-state index contributed by atoms with van der Waals surface area (Å²) in [5.41, 5.74) is 0.887. The molecule has 7 heteroatoms. The van der Waals surface area contributed by atoms with E-state index in [2.05, 4.69) is 15.6 Å². The lowest BCUT2D eigenvalue weighted by Gasteiger charge is -2.10. The number of methoxy groups -OCH3 is 2. The number of anilines is 1. The summed E-state index contributed by atoms with van der Waals surface area (Å²) < 4.78 is 10.4. The van der Waals surface area contributed by atoms with Crippen molar-refractivity contribution >= 4 is 17.5 Å². The molecule has 132 valence electrons. The topological polar surface area (TPSA) is 89.6 Å². The Morgan fingerprint density at radius 1 is 1.00 bits per heavy atom. The zero-order valence-electron chi connectivity index (χ0n) is 14.5. The largest absolute Gasteiger partial charge is 0.493 e. The Morgan fingerprint density at radius 3 is 2.32 bits per heavy atom. The number of benzene rings is 1. The van der Waals surface area contributed by atoms with Gasteiger partial charge in [0.1, 0.15) is 11.4 Å². The number of hydrogen-bond acceptors (Lipinski definition) is 5. The van der Waals surface area contributed by atoms with Crippen molar-refractivity contribution in [3.8, 4) is 11.5 Å². The molecular formula is C18H21N3O4. The summed E-state index contributed by atoms with van der Waals surface area (Å²) in [6, 6.07) is 9.77. The predicted molar refractivity (Wildman–Crippen MR) is 94.4 cm³/mol. The van der Waals surface area contributed by atoms with Crippen molar-refractivity contribution < 1.29 is 19.1 Å².